The molecule has 4 N–H and O–H groups in total. The van der Waals surface area contributed by atoms with Crippen LogP contribution in [0.2, 0.25) is 0 Å². The number of aliphatic hydroxyl groups excluding tert-OH is 1. The molecule has 0 bridgehead atoms. The van der Waals surface area contributed by atoms with E-state index >= 15 is 0 Å². The maximum absolute atomic E-state index is 8.98. The molecule has 0 aliphatic heterocycles. The highest BCUT2D eigenvalue weighted by Crippen LogP contribution is 2.33. The topological polar surface area (TPSA) is 71.7 Å². The highest BCUT2D eigenvalue weighted by Gasteiger charge is 2.29. The molecule has 2 unspecified atom stereocenters. The lowest BCUT2D eigenvalue weighted by molar-refractivity contribution is -0.435. The SMILES string of the molecule is N#CC(O)C([NH3+])CC1CC1. The van der Waals surface area contributed by atoms with Gasteiger partial charge in [0.25, 0.3) is 0 Å². The van der Waals surface area contributed by atoms with Crippen LogP contribution >= 0.6 is 0 Å². The summed E-state index contributed by atoms with van der Waals surface area (Å²) in [4.78, 5) is 0. The van der Waals surface area contributed by atoms with E-state index in [2.05, 4.69) is 5.73 Å². The number of rotatable bonds is 3. The first kappa shape index (κ1) is 7.52. The van der Waals surface area contributed by atoms with Gasteiger partial charge >= 0.3 is 0 Å². The molecule has 1 aliphatic rings. The minimum absolute atomic E-state index is 0.0856. The highest BCUT2D eigenvalue weighted by atomic mass is 16.3. The molecule has 2 atom stereocenters. The van der Waals surface area contributed by atoms with Crippen LogP contribution in [-0.4, -0.2) is 17.3 Å². The van der Waals surface area contributed by atoms with Gasteiger partial charge in [-0.15, -0.1) is 0 Å². The van der Waals surface area contributed by atoms with Crippen LogP contribution in [-0.2, 0) is 0 Å². The van der Waals surface area contributed by atoms with E-state index in [1.807, 2.05) is 0 Å². The van der Waals surface area contributed by atoms with E-state index in [0.29, 0.717) is 0 Å². The molecule has 0 heterocycles. The average molecular weight is 141 g/mol. The zero-order chi connectivity index (χ0) is 7.56. The second-order valence-electron chi connectivity index (χ2n) is 3.01. The Balaban J connectivity index is 2.19. The molecule has 1 rings (SSSR count). The fourth-order valence-electron chi connectivity index (χ4n) is 1.02. The standard InChI is InChI=1S/C7H12N2O/c8-4-7(10)6(9)3-5-1-2-5/h5-7,10H,1-3,9H2/p+1. The number of hydrogen-bond donors (Lipinski definition) is 2. The Hall–Kier alpha value is -0.590. The van der Waals surface area contributed by atoms with Crippen molar-refractivity contribution >= 4 is 0 Å². The fourth-order valence-corrected chi connectivity index (χ4v) is 1.02. The summed E-state index contributed by atoms with van der Waals surface area (Å²) in [5.74, 6) is 0.741. The fraction of sp³-hybridized carbons (Fsp3) is 0.857. The van der Waals surface area contributed by atoms with Crippen LogP contribution < -0.4 is 5.73 Å². The van der Waals surface area contributed by atoms with Crippen molar-refractivity contribution in [3.05, 3.63) is 0 Å². The van der Waals surface area contributed by atoms with Gasteiger partial charge in [-0.1, -0.05) is 0 Å². The van der Waals surface area contributed by atoms with Crippen LogP contribution in [0.3, 0.4) is 0 Å². The van der Waals surface area contributed by atoms with Crippen molar-refractivity contribution < 1.29 is 10.8 Å². The Labute approximate surface area is 60.4 Å². The molecule has 1 fully saturated rings. The molecule has 0 aromatic heterocycles. The number of nitrogens with zero attached hydrogens (tertiary/aromatic N) is 1. The largest absolute Gasteiger partial charge is 0.373 e. The van der Waals surface area contributed by atoms with Gasteiger partial charge < -0.3 is 10.8 Å². The molecule has 56 valence electrons. The molecule has 0 saturated heterocycles. The Morgan fingerprint density at radius 2 is 2.30 bits per heavy atom. The van der Waals surface area contributed by atoms with E-state index in [1.54, 1.807) is 6.07 Å². The molecule has 1 saturated carbocycles. The van der Waals surface area contributed by atoms with E-state index in [-0.39, 0.29) is 6.04 Å². The van der Waals surface area contributed by atoms with Crippen LogP contribution in [0.4, 0.5) is 0 Å². The summed E-state index contributed by atoms with van der Waals surface area (Å²) in [5.41, 5.74) is 3.72. The summed E-state index contributed by atoms with van der Waals surface area (Å²) >= 11 is 0. The quantitative estimate of drug-likeness (QED) is 0.509. The van der Waals surface area contributed by atoms with Gasteiger partial charge in [0.2, 0.25) is 0 Å². The summed E-state index contributed by atoms with van der Waals surface area (Å²) in [7, 11) is 0. The van der Waals surface area contributed by atoms with E-state index in [0.717, 1.165) is 12.3 Å². The van der Waals surface area contributed by atoms with Crippen molar-refractivity contribution in [2.75, 3.05) is 0 Å². The third-order valence-corrected chi connectivity index (χ3v) is 1.91. The predicted octanol–water partition coefficient (Wildman–Crippen LogP) is -0.719. The smallest absolute Gasteiger partial charge is 0.192 e. The van der Waals surface area contributed by atoms with Gasteiger partial charge in [-0.25, -0.2) is 0 Å². The normalized spacial score (nSPS) is 23.3. The number of quaternary nitrogens is 1. The average Bonchev–Trinajstić information content (AvgIpc) is 2.70. The van der Waals surface area contributed by atoms with Crippen molar-refractivity contribution in [1.29, 1.82) is 5.26 Å². The Kier molecular flexibility index (Phi) is 2.25. The lowest BCUT2D eigenvalue weighted by atomic mass is 10.1. The third-order valence-electron chi connectivity index (χ3n) is 1.91. The predicted molar refractivity (Wildman–Crippen MR) is 35.6 cm³/mol. The number of hydrogen-bond acceptors (Lipinski definition) is 2. The Bertz CT molecular complexity index is 148. The van der Waals surface area contributed by atoms with Crippen LogP contribution in [0, 0.1) is 17.2 Å². The molecular weight excluding hydrogens is 128 g/mol. The highest BCUT2D eigenvalue weighted by molar-refractivity contribution is 4.90. The molecule has 0 aromatic carbocycles. The molecule has 0 radical (unpaired) electrons. The van der Waals surface area contributed by atoms with Crippen molar-refractivity contribution in [2.45, 2.75) is 31.4 Å². The maximum atomic E-state index is 8.98. The second-order valence-corrected chi connectivity index (χ2v) is 3.01. The number of aliphatic hydroxyl groups is 1. The van der Waals surface area contributed by atoms with Gasteiger partial charge in [0, 0.05) is 6.42 Å². The molecule has 3 heteroatoms. The van der Waals surface area contributed by atoms with Gasteiger partial charge in [0.1, 0.15) is 12.1 Å². The Morgan fingerprint density at radius 3 is 2.70 bits per heavy atom. The maximum Gasteiger partial charge on any atom is 0.192 e. The monoisotopic (exact) mass is 141 g/mol. The summed E-state index contributed by atoms with van der Waals surface area (Å²) in [5, 5.41) is 17.3. The summed E-state index contributed by atoms with van der Waals surface area (Å²) in [6.45, 7) is 0. The van der Waals surface area contributed by atoms with Gasteiger partial charge in [0.05, 0.1) is 0 Å². The van der Waals surface area contributed by atoms with Crippen molar-refractivity contribution in [3.63, 3.8) is 0 Å². The molecular formula is C7H13N2O+. The van der Waals surface area contributed by atoms with Crippen molar-refractivity contribution in [1.82, 2.24) is 0 Å². The summed E-state index contributed by atoms with van der Waals surface area (Å²) < 4.78 is 0. The van der Waals surface area contributed by atoms with Crippen LogP contribution in [0.15, 0.2) is 0 Å². The Morgan fingerprint density at radius 1 is 1.70 bits per heavy atom. The first-order valence-corrected chi connectivity index (χ1v) is 3.65. The van der Waals surface area contributed by atoms with E-state index in [9.17, 15) is 0 Å². The third kappa shape index (κ3) is 1.98. The minimum Gasteiger partial charge on any atom is -0.373 e. The molecule has 0 aromatic rings. The molecule has 10 heavy (non-hydrogen) atoms. The van der Waals surface area contributed by atoms with Gasteiger partial charge in [-0.3, -0.25) is 0 Å². The van der Waals surface area contributed by atoms with E-state index in [4.69, 9.17) is 10.4 Å². The zero-order valence-electron chi connectivity index (χ0n) is 5.95. The summed E-state index contributed by atoms with van der Waals surface area (Å²) in [6, 6.07) is 1.71. The summed E-state index contributed by atoms with van der Waals surface area (Å²) in [6.07, 6.45) is 2.56. The zero-order valence-corrected chi connectivity index (χ0v) is 5.95. The van der Waals surface area contributed by atoms with Crippen molar-refractivity contribution in [3.8, 4) is 6.07 Å². The minimum atomic E-state index is -0.861. The molecule has 0 amide bonds. The van der Waals surface area contributed by atoms with Gasteiger partial charge in [-0.2, -0.15) is 5.26 Å². The first-order chi connectivity index (χ1) is 4.74. The first-order valence-electron chi connectivity index (χ1n) is 3.65. The molecule has 1 aliphatic carbocycles. The van der Waals surface area contributed by atoms with Gasteiger partial charge in [-0.05, 0) is 18.8 Å². The molecule has 3 nitrogen and oxygen atoms in total. The van der Waals surface area contributed by atoms with Crippen LogP contribution in [0.25, 0.3) is 0 Å². The van der Waals surface area contributed by atoms with Gasteiger partial charge in [0.15, 0.2) is 6.10 Å². The second kappa shape index (κ2) is 3.00. The number of nitriles is 1. The lowest BCUT2D eigenvalue weighted by Gasteiger charge is -2.06. The van der Waals surface area contributed by atoms with E-state index < -0.39 is 6.10 Å². The van der Waals surface area contributed by atoms with Crippen LogP contribution in [0.1, 0.15) is 19.3 Å². The van der Waals surface area contributed by atoms with Crippen molar-refractivity contribution in [2.24, 2.45) is 5.92 Å². The van der Waals surface area contributed by atoms with E-state index in [1.165, 1.54) is 12.8 Å². The molecule has 0 spiro atoms. The van der Waals surface area contributed by atoms with Crippen LogP contribution in [0.5, 0.6) is 0 Å². The lowest BCUT2D eigenvalue weighted by Crippen LogP contribution is -2.66.